The van der Waals surface area contributed by atoms with Crippen LogP contribution < -0.4 is 5.32 Å². The molecule has 1 fully saturated rings. The summed E-state index contributed by atoms with van der Waals surface area (Å²) in [5, 5.41) is 15.3. The van der Waals surface area contributed by atoms with Crippen molar-refractivity contribution in [2.45, 2.75) is 6.42 Å². The smallest absolute Gasteiger partial charge is 0.125 e. The largest absolute Gasteiger partial charge is 0.361 e. The zero-order chi connectivity index (χ0) is 21.9. The van der Waals surface area contributed by atoms with E-state index >= 15 is 0 Å². The zero-order valence-corrected chi connectivity index (χ0v) is 19.0. The highest BCUT2D eigenvalue weighted by Gasteiger charge is 2.14. The molecule has 1 aliphatic rings. The predicted octanol–water partition coefficient (Wildman–Crippen LogP) is 5.04. The first kappa shape index (κ1) is 20.7. The lowest BCUT2D eigenvalue weighted by atomic mass is 10.1. The lowest BCUT2D eigenvalue weighted by molar-refractivity contribution is 0.156. The van der Waals surface area contributed by atoms with Gasteiger partial charge >= 0.3 is 0 Å². The number of piperazine rings is 1. The van der Waals surface area contributed by atoms with Crippen molar-refractivity contribution in [2.24, 2.45) is 0 Å². The highest BCUT2D eigenvalue weighted by atomic mass is 32.1. The molecule has 0 bridgehead atoms. The molecule has 3 aromatic heterocycles. The van der Waals surface area contributed by atoms with Gasteiger partial charge in [0.05, 0.1) is 11.3 Å². The quantitative estimate of drug-likeness (QED) is 0.438. The van der Waals surface area contributed by atoms with Crippen LogP contribution in [0.5, 0.6) is 0 Å². The molecule has 0 amide bonds. The molecule has 1 aliphatic heterocycles. The van der Waals surface area contributed by atoms with Gasteiger partial charge in [0, 0.05) is 72.0 Å². The van der Waals surface area contributed by atoms with Crippen molar-refractivity contribution in [1.82, 2.24) is 19.8 Å². The Morgan fingerprint density at radius 3 is 2.94 bits per heavy atom. The molecule has 32 heavy (non-hydrogen) atoms. The van der Waals surface area contributed by atoms with E-state index in [4.69, 9.17) is 0 Å². The fourth-order valence-electron chi connectivity index (χ4n) is 4.11. The number of benzene rings is 1. The van der Waals surface area contributed by atoms with Crippen molar-refractivity contribution in [3.63, 3.8) is 0 Å². The van der Waals surface area contributed by atoms with Crippen molar-refractivity contribution in [2.75, 3.05) is 45.1 Å². The number of hydrogen-bond acceptors (Lipinski definition) is 6. The molecular formula is C25H26N6S. The van der Waals surface area contributed by atoms with E-state index in [0.29, 0.717) is 5.56 Å². The Labute approximate surface area is 191 Å². The number of anilines is 2. The van der Waals surface area contributed by atoms with Gasteiger partial charge in [-0.05, 0) is 49.9 Å². The first-order chi connectivity index (χ1) is 15.7. The number of fused-ring (bicyclic) bond motifs is 2. The number of hydrogen-bond donors (Lipinski definition) is 2. The van der Waals surface area contributed by atoms with E-state index in [1.54, 1.807) is 17.5 Å². The van der Waals surface area contributed by atoms with Gasteiger partial charge in [-0.15, -0.1) is 11.3 Å². The summed E-state index contributed by atoms with van der Waals surface area (Å²) in [6.45, 7) is 5.70. The third-order valence-corrected chi connectivity index (χ3v) is 7.02. The van der Waals surface area contributed by atoms with Crippen molar-refractivity contribution >= 4 is 49.9 Å². The molecule has 0 radical (unpaired) electrons. The van der Waals surface area contributed by atoms with Gasteiger partial charge in [-0.2, -0.15) is 5.26 Å². The third kappa shape index (κ3) is 4.39. The second-order valence-electron chi connectivity index (χ2n) is 8.27. The number of aromatic amines is 1. The van der Waals surface area contributed by atoms with Gasteiger partial charge in [0.1, 0.15) is 10.9 Å². The molecule has 4 heterocycles. The number of nitrogens with zero attached hydrogens (tertiary/aromatic N) is 4. The molecule has 0 unspecified atom stereocenters. The molecule has 5 rings (SSSR count). The number of aromatic nitrogens is 2. The van der Waals surface area contributed by atoms with E-state index < -0.39 is 0 Å². The Kier molecular flexibility index (Phi) is 5.91. The second kappa shape index (κ2) is 9.13. The zero-order valence-electron chi connectivity index (χ0n) is 18.1. The lowest BCUT2D eigenvalue weighted by Crippen LogP contribution is -2.44. The molecule has 0 atom stereocenters. The van der Waals surface area contributed by atoms with Crippen LogP contribution in [0.25, 0.3) is 27.2 Å². The third-order valence-electron chi connectivity index (χ3n) is 6.01. The van der Waals surface area contributed by atoms with Gasteiger partial charge in [0.2, 0.25) is 0 Å². The molecule has 4 aromatic rings. The monoisotopic (exact) mass is 442 g/mol. The van der Waals surface area contributed by atoms with E-state index in [1.807, 2.05) is 24.4 Å². The summed E-state index contributed by atoms with van der Waals surface area (Å²) in [4.78, 5) is 14.7. The minimum atomic E-state index is 0.551. The van der Waals surface area contributed by atoms with Gasteiger partial charge in [-0.1, -0.05) is 6.08 Å². The van der Waals surface area contributed by atoms with Crippen LogP contribution in [0.1, 0.15) is 16.9 Å². The molecule has 1 aromatic carbocycles. The van der Waals surface area contributed by atoms with Crippen LogP contribution in [0.3, 0.4) is 0 Å². The maximum absolute atomic E-state index is 9.66. The fourth-order valence-corrected chi connectivity index (χ4v) is 5.05. The van der Waals surface area contributed by atoms with Crippen LogP contribution in [-0.4, -0.2) is 59.5 Å². The lowest BCUT2D eigenvalue weighted by Gasteiger charge is -2.31. The number of nitrogens with one attached hydrogen (secondary N) is 2. The molecule has 7 heteroatoms. The highest BCUT2D eigenvalue weighted by Crippen LogP contribution is 2.35. The maximum Gasteiger partial charge on any atom is 0.125 e. The van der Waals surface area contributed by atoms with E-state index in [1.165, 1.54) is 0 Å². The first-order valence-electron chi connectivity index (χ1n) is 10.9. The molecule has 6 nitrogen and oxygen atoms in total. The van der Waals surface area contributed by atoms with Gasteiger partial charge in [0.25, 0.3) is 0 Å². The number of nitriles is 1. The summed E-state index contributed by atoms with van der Waals surface area (Å²) in [5.41, 5.74) is 3.42. The van der Waals surface area contributed by atoms with E-state index in [-0.39, 0.29) is 0 Å². The Morgan fingerprint density at radius 2 is 2.09 bits per heavy atom. The normalized spacial score (nSPS) is 15.6. The van der Waals surface area contributed by atoms with Crippen LogP contribution in [0.15, 0.2) is 48.8 Å². The number of H-pyrrole nitrogens is 1. The minimum absolute atomic E-state index is 0.551. The van der Waals surface area contributed by atoms with Crippen LogP contribution in [0.4, 0.5) is 11.4 Å². The van der Waals surface area contributed by atoms with Gasteiger partial charge in [0.15, 0.2) is 0 Å². The van der Waals surface area contributed by atoms with Crippen molar-refractivity contribution in [3.8, 4) is 6.07 Å². The van der Waals surface area contributed by atoms with Gasteiger partial charge in [-0.3, -0.25) is 0 Å². The summed E-state index contributed by atoms with van der Waals surface area (Å²) in [7, 11) is 2.19. The van der Waals surface area contributed by atoms with Crippen LogP contribution >= 0.6 is 11.3 Å². The Balaban J connectivity index is 1.34. The Bertz CT molecular complexity index is 1300. The predicted molar refractivity (Wildman–Crippen MR) is 134 cm³/mol. The molecule has 0 aliphatic carbocycles. The average Bonchev–Trinajstić information content (AvgIpc) is 3.44. The topological polar surface area (TPSA) is 71.0 Å². The maximum atomic E-state index is 9.66. The standard InChI is InChI=1S/C25H26N6S/c1-30-10-12-31(13-11-30)9-3-2-4-21-15-22-24(19(16-26)17-28-25(22)32-21)29-20-5-6-23-18(14-20)7-8-27-23/h2,4-8,14-15,17,27H,3,9-13H2,1H3,(H,28,29). The number of thiophene rings is 1. The molecule has 2 N–H and O–H groups in total. The van der Waals surface area contributed by atoms with Crippen LogP contribution in [0.2, 0.25) is 0 Å². The SMILES string of the molecule is CN1CCN(CCC=Cc2cc3c(Nc4ccc5[nH]ccc5c4)c(C#N)cnc3s2)CC1. The molecular weight excluding hydrogens is 416 g/mol. The Hall–Kier alpha value is -3.18. The number of pyridine rings is 1. The van der Waals surface area contributed by atoms with E-state index in [9.17, 15) is 5.26 Å². The van der Waals surface area contributed by atoms with E-state index in [0.717, 1.165) is 76.5 Å². The van der Waals surface area contributed by atoms with Gasteiger partial charge < -0.3 is 20.1 Å². The highest BCUT2D eigenvalue weighted by molar-refractivity contribution is 7.19. The molecule has 0 spiro atoms. The Morgan fingerprint density at radius 1 is 1.22 bits per heavy atom. The summed E-state index contributed by atoms with van der Waals surface area (Å²) in [6.07, 6.45) is 9.07. The summed E-state index contributed by atoms with van der Waals surface area (Å²) in [6, 6.07) is 12.6. The molecule has 1 saturated heterocycles. The summed E-state index contributed by atoms with van der Waals surface area (Å²) >= 11 is 1.66. The molecule has 0 saturated carbocycles. The first-order valence-corrected chi connectivity index (χ1v) is 11.8. The fraction of sp³-hybridized carbons (Fsp3) is 0.280. The minimum Gasteiger partial charge on any atom is -0.361 e. The van der Waals surface area contributed by atoms with Crippen LogP contribution in [-0.2, 0) is 0 Å². The van der Waals surface area contributed by atoms with Crippen LogP contribution in [0, 0.1) is 11.3 Å². The van der Waals surface area contributed by atoms with E-state index in [2.05, 4.69) is 62.5 Å². The number of rotatable bonds is 6. The van der Waals surface area contributed by atoms with Crippen molar-refractivity contribution in [1.29, 1.82) is 5.26 Å². The summed E-state index contributed by atoms with van der Waals surface area (Å²) in [5.74, 6) is 0. The van der Waals surface area contributed by atoms with Crippen molar-refractivity contribution < 1.29 is 0 Å². The average molecular weight is 443 g/mol. The summed E-state index contributed by atoms with van der Waals surface area (Å²) < 4.78 is 0. The second-order valence-corrected chi connectivity index (χ2v) is 9.33. The van der Waals surface area contributed by atoms with Crippen molar-refractivity contribution in [3.05, 3.63) is 59.2 Å². The number of likely N-dealkylation sites (N-methyl/N-ethyl adjacent to an activating group) is 1. The molecule has 162 valence electrons. The van der Waals surface area contributed by atoms with Gasteiger partial charge in [-0.25, -0.2) is 4.98 Å².